The molecule has 156 valence electrons. The van der Waals surface area contributed by atoms with Crippen molar-refractivity contribution in [1.82, 2.24) is 4.90 Å². The molecule has 0 atom stereocenters. The van der Waals surface area contributed by atoms with Crippen molar-refractivity contribution < 1.29 is 23.9 Å². The standard InChI is InChI=1S/C21H17Br2NO5S/c1-3-29-17-9-12(8-15(23)19(17)28-2)10-18-20(26)24(21(27)30-18)11-16(25)13-4-6-14(22)7-5-13/h4-10H,3,11H2,1-2H3/b18-10+. The summed E-state index contributed by atoms with van der Waals surface area (Å²) in [5.74, 6) is 0.254. The molecule has 0 radical (unpaired) electrons. The lowest BCUT2D eigenvalue weighted by atomic mass is 10.1. The maximum absolute atomic E-state index is 12.7. The first-order valence-electron chi connectivity index (χ1n) is 8.88. The highest BCUT2D eigenvalue weighted by atomic mass is 79.9. The fraction of sp³-hybridized carbons (Fsp3) is 0.190. The molecule has 1 heterocycles. The monoisotopic (exact) mass is 553 g/mol. The molecule has 30 heavy (non-hydrogen) atoms. The number of Topliss-reactive ketones (excluding diaryl/α,β-unsaturated/α-hetero) is 1. The summed E-state index contributed by atoms with van der Waals surface area (Å²) in [4.78, 5) is 38.8. The highest BCUT2D eigenvalue weighted by Gasteiger charge is 2.36. The third-order valence-corrected chi connectivity index (χ3v) is 6.20. The van der Waals surface area contributed by atoms with Crippen LogP contribution >= 0.6 is 43.6 Å². The van der Waals surface area contributed by atoms with Crippen molar-refractivity contribution in [3.63, 3.8) is 0 Å². The second kappa shape index (κ2) is 9.80. The number of carbonyl (C=O) groups is 3. The number of rotatable bonds is 7. The van der Waals surface area contributed by atoms with Crippen LogP contribution in [0.1, 0.15) is 22.8 Å². The molecule has 1 fully saturated rings. The van der Waals surface area contributed by atoms with Crippen molar-refractivity contribution in [3.05, 3.63) is 61.4 Å². The van der Waals surface area contributed by atoms with E-state index in [0.717, 1.165) is 21.1 Å². The van der Waals surface area contributed by atoms with Crippen molar-refractivity contribution in [2.75, 3.05) is 20.3 Å². The van der Waals surface area contributed by atoms with E-state index in [0.29, 0.717) is 33.7 Å². The van der Waals surface area contributed by atoms with Crippen LogP contribution in [0.4, 0.5) is 4.79 Å². The van der Waals surface area contributed by atoms with Gasteiger partial charge in [-0.2, -0.15) is 0 Å². The molecular weight excluding hydrogens is 538 g/mol. The summed E-state index contributed by atoms with van der Waals surface area (Å²) in [5.41, 5.74) is 1.09. The van der Waals surface area contributed by atoms with E-state index in [1.807, 2.05) is 6.92 Å². The summed E-state index contributed by atoms with van der Waals surface area (Å²) in [6.07, 6.45) is 1.60. The third-order valence-electron chi connectivity index (χ3n) is 4.18. The van der Waals surface area contributed by atoms with E-state index < -0.39 is 11.1 Å². The number of ketones is 1. The van der Waals surface area contributed by atoms with Crippen LogP contribution in [-0.4, -0.2) is 42.1 Å². The first-order chi connectivity index (χ1) is 14.3. The van der Waals surface area contributed by atoms with Gasteiger partial charge in [-0.1, -0.05) is 28.1 Å². The highest BCUT2D eigenvalue weighted by molar-refractivity contribution is 9.10. The zero-order chi connectivity index (χ0) is 21.8. The summed E-state index contributed by atoms with van der Waals surface area (Å²) >= 11 is 7.54. The van der Waals surface area contributed by atoms with Crippen molar-refractivity contribution in [2.24, 2.45) is 0 Å². The van der Waals surface area contributed by atoms with Gasteiger partial charge in [-0.15, -0.1) is 0 Å². The first-order valence-corrected chi connectivity index (χ1v) is 11.3. The van der Waals surface area contributed by atoms with Crippen molar-refractivity contribution in [3.8, 4) is 11.5 Å². The fourth-order valence-electron chi connectivity index (χ4n) is 2.79. The number of nitrogens with zero attached hydrogens (tertiary/aromatic N) is 1. The maximum Gasteiger partial charge on any atom is 0.293 e. The zero-order valence-electron chi connectivity index (χ0n) is 16.1. The van der Waals surface area contributed by atoms with Crippen LogP contribution in [0.3, 0.4) is 0 Å². The molecule has 0 unspecified atom stereocenters. The quantitative estimate of drug-likeness (QED) is 0.330. The predicted octanol–water partition coefficient (Wildman–Crippen LogP) is 5.54. The Kier molecular flexibility index (Phi) is 7.38. The van der Waals surface area contributed by atoms with Crippen LogP contribution in [0.25, 0.3) is 6.08 Å². The number of imide groups is 1. The third kappa shape index (κ3) is 4.96. The Morgan fingerprint density at radius 2 is 1.87 bits per heavy atom. The molecule has 2 aromatic carbocycles. The summed E-state index contributed by atoms with van der Waals surface area (Å²) in [7, 11) is 1.54. The normalized spacial score (nSPS) is 15.1. The molecule has 3 rings (SSSR count). The van der Waals surface area contributed by atoms with Crippen LogP contribution < -0.4 is 9.47 Å². The van der Waals surface area contributed by atoms with E-state index >= 15 is 0 Å². The van der Waals surface area contributed by atoms with Gasteiger partial charge in [0.15, 0.2) is 17.3 Å². The molecule has 1 aliphatic heterocycles. The topological polar surface area (TPSA) is 72.9 Å². The van der Waals surface area contributed by atoms with Gasteiger partial charge < -0.3 is 9.47 Å². The zero-order valence-corrected chi connectivity index (χ0v) is 20.1. The molecule has 9 heteroatoms. The van der Waals surface area contributed by atoms with E-state index in [9.17, 15) is 14.4 Å². The number of carbonyl (C=O) groups excluding carboxylic acids is 3. The van der Waals surface area contributed by atoms with Gasteiger partial charge in [0.2, 0.25) is 0 Å². The number of amides is 2. The van der Waals surface area contributed by atoms with Crippen LogP contribution in [0, 0.1) is 0 Å². The second-order valence-electron chi connectivity index (χ2n) is 6.17. The van der Waals surface area contributed by atoms with Gasteiger partial charge in [-0.3, -0.25) is 19.3 Å². The number of benzene rings is 2. The molecule has 1 saturated heterocycles. The first kappa shape index (κ1) is 22.6. The molecule has 6 nitrogen and oxygen atoms in total. The molecule has 0 N–H and O–H groups in total. The van der Waals surface area contributed by atoms with Crippen molar-refractivity contribution in [2.45, 2.75) is 6.92 Å². The number of hydrogen-bond acceptors (Lipinski definition) is 6. The molecule has 0 bridgehead atoms. The number of halogens is 2. The lowest BCUT2D eigenvalue weighted by molar-refractivity contribution is -0.122. The van der Waals surface area contributed by atoms with Crippen LogP contribution in [-0.2, 0) is 4.79 Å². The Labute approximate surface area is 194 Å². The number of hydrogen-bond donors (Lipinski definition) is 0. The molecule has 0 aliphatic carbocycles. The SMILES string of the molecule is CCOc1cc(/C=C2/SC(=O)N(CC(=O)c3ccc(Br)cc3)C2=O)cc(Br)c1OC. The molecule has 0 spiro atoms. The summed E-state index contributed by atoms with van der Waals surface area (Å²) in [6.45, 7) is 1.99. The largest absolute Gasteiger partial charge is 0.492 e. The van der Waals surface area contributed by atoms with Gasteiger partial charge in [0.05, 0.1) is 29.6 Å². The maximum atomic E-state index is 12.7. The average molecular weight is 555 g/mol. The molecule has 0 saturated carbocycles. The van der Waals surface area contributed by atoms with Gasteiger partial charge in [-0.05, 0) is 70.5 Å². The van der Waals surface area contributed by atoms with Gasteiger partial charge in [0, 0.05) is 10.0 Å². The van der Waals surface area contributed by atoms with Gasteiger partial charge in [0.25, 0.3) is 11.1 Å². The van der Waals surface area contributed by atoms with E-state index in [4.69, 9.17) is 9.47 Å². The average Bonchev–Trinajstić information content (AvgIpc) is 2.96. The van der Waals surface area contributed by atoms with Crippen LogP contribution in [0.15, 0.2) is 50.2 Å². The lowest BCUT2D eigenvalue weighted by Gasteiger charge is -2.12. The smallest absolute Gasteiger partial charge is 0.293 e. The molecule has 0 aromatic heterocycles. The van der Waals surface area contributed by atoms with Gasteiger partial charge in [-0.25, -0.2) is 0 Å². The number of ether oxygens (including phenoxy) is 2. The Morgan fingerprint density at radius 3 is 2.50 bits per heavy atom. The Morgan fingerprint density at radius 1 is 1.17 bits per heavy atom. The minimum atomic E-state index is -0.500. The minimum Gasteiger partial charge on any atom is -0.492 e. The predicted molar refractivity (Wildman–Crippen MR) is 123 cm³/mol. The van der Waals surface area contributed by atoms with Crippen LogP contribution in [0.5, 0.6) is 11.5 Å². The lowest BCUT2D eigenvalue weighted by Crippen LogP contribution is -2.33. The van der Waals surface area contributed by atoms with Crippen molar-refractivity contribution >= 4 is 66.6 Å². The summed E-state index contributed by atoms with van der Waals surface area (Å²) < 4.78 is 12.4. The number of thioether (sulfide) groups is 1. The summed E-state index contributed by atoms with van der Waals surface area (Å²) in [5, 5.41) is -0.477. The number of methoxy groups -OCH3 is 1. The minimum absolute atomic E-state index is 0.239. The van der Waals surface area contributed by atoms with Crippen LogP contribution in [0.2, 0.25) is 0 Å². The van der Waals surface area contributed by atoms with Crippen molar-refractivity contribution in [1.29, 1.82) is 0 Å². The molecule has 2 aromatic rings. The van der Waals surface area contributed by atoms with Gasteiger partial charge in [0.1, 0.15) is 0 Å². The van der Waals surface area contributed by atoms with E-state index in [1.165, 1.54) is 7.11 Å². The summed E-state index contributed by atoms with van der Waals surface area (Å²) in [6, 6.07) is 10.3. The molecular formula is C21H17Br2NO5S. The van der Waals surface area contributed by atoms with Gasteiger partial charge >= 0.3 is 0 Å². The van der Waals surface area contributed by atoms with E-state index in [1.54, 1.807) is 42.5 Å². The van der Waals surface area contributed by atoms with E-state index in [-0.39, 0.29) is 17.2 Å². The Hall–Kier alpha value is -2.10. The Bertz CT molecular complexity index is 1040. The van der Waals surface area contributed by atoms with E-state index in [2.05, 4.69) is 31.9 Å². The Balaban J connectivity index is 1.82. The second-order valence-corrected chi connectivity index (χ2v) is 8.93. The fourth-order valence-corrected chi connectivity index (χ4v) is 4.51. The molecule has 2 amide bonds. The highest BCUT2D eigenvalue weighted by Crippen LogP contribution is 2.39. The molecule has 1 aliphatic rings.